The van der Waals surface area contributed by atoms with Crippen molar-refractivity contribution in [1.29, 1.82) is 0 Å². The fourth-order valence-electron chi connectivity index (χ4n) is 3.39. The molecule has 1 aromatic carbocycles. The number of thiophene rings is 2. The second-order valence-electron chi connectivity index (χ2n) is 7.25. The number of hydrogen-bond acceptors (Lipinski definition) is 9. The predicted octanol–water partition coefficient (Wildman–Crippen LogP) is 4.33. The van der Waals surface area contributed by atoms with Crippen LogP contribution in [0, 0.1) is 13.8 Å². The Kier molecular flexibility index (Phi) is 6.66. The average molecular weight is 488 g/mol. The quantitative estimate of drug-likeness (QED) is 0.495. The van der Waals surface area contributed by atoms with Gasteiger partial charge < -0.3 is 24.3 Å². The summed E-state index contributed by atoms with van der Waals surface area (Å²) in [7, 11) is 1.29. The summed E-state index contributed by atoms with van der Waals surface area (Å²) in [5.74, 6) is -0.336. The van der Waals surface area contributed by atoms with E-state index in [0.717, 1.165) is 21.6 Å². The number of ether oxygens (including phenoxy) is 4. The van der Waals surface area contributed by atoms with Crippen molar-refractivity contribution in [2.45, 2.75) is 20.3 Å². The van der Waals surface area contributed by atoms with E-state index in [1.165, 1.54) is 29.8 Å². The Bertz CT molecular complexity index is 1230. The third-order valence-electron chi connectivity index (χ3n) is 5.05. The number of aryl methyl sites for hydroxylation is 2. The maximum atomic E-state index is 12.6. The van der Waals surface area contributed by atoms with E-state index in [-0.39, 0.29) is 12.4 Å². The molecule has 0 spiro atoms. The first kappa shape index (κ1) is 22.8. The normalized spacial score (nSPS) is 11.8. The summed E-state index contributed by atoms with van der Waals surface area (Å²) in [6.45, 7) is 3.38. The number of nitrogens with one attached hydrogen (secondary N) is 1. The van der Waals surface area contributed by atoms with Gasteiger partial charge in [0.15, 0.2) is 18.1 Å². The SMILES string of the molecule is COC(=O)c1c(NC(=O)COC(=O)c2sccc2C)sc(C)c1Cc1ccc2c(c1)OCO2. The van der Waals surface area contributed by atoms with Crippen molar-refractivity contribution in [1.82, 2.24) is 0 Å². The number of carbonyl (C=O) groups excluding carboxylic acids is 3. The van der Waals surface area contributed by atoms with Crippen molar-refractivity contribution in [2.75, 3.05) is 25.8 Å². The minimum Gasteiger partial charge on any atom is -0.465 e. The van der Waals surface area contributed by atoms with Gasteiger partial charge in [-0.05, 0) is 60.5 Å². The van der Waals surface area contributed by atoms with E-state index in [1.807, 2.05) is 25.1 Å². The van der Waals surface area contributed by atoms with Crippen LogP contribution in [0.15, 0.2) is 29.6 Å². The molecule has 0 aliphatic carbocycles. The molecule has 0 atom stereocenters. The molecule has 1 N–H and O–H groups in total. The topological polar surface area (TPSA) is 100 Å². The molecule has 0 saturated heterocycles. The van der Waals surface area contributed by atoms with E-state index in [1.54, 1.807) is 18.4 Å². The van der Waals surface area contributed by atoms with Crippen molar-refractivity contribution < 1.29 is 33.3 Å². The molecule has 3 heterocycles. The monoisotopic (exact) mass is 487 g/mol. The fourth-order valence-corrected chi connectivity index (χ4v) is 5.29. The third kappa shape index (κ3) is 4.86. The summed E-state index contributed by atoms with van der Waals surface area (Å²) < 4.78 is 20.9. The van der Waals surface area contributed by atoms with Gasteiger partial charge in [-0.3, -0.25) is 4.79 Å². The standard InChI is InChI=1S/C23H21NO7S2/c1-12-6-7-32-20(12)23(27)29-10-18(25)24-21-19(22(26)28-3)15(13(2)33-21)8-14-4-5-16-17(9-14)31-11-30-16/h4-7,9H,8,10-11H2,1-3H3,(H,24,25). The number of esters is 2. The summed E-state index contributed by atoms with van der Waals surface area (Å²) in [5.41, 5.74) is 2.74. The van der Waals surface area contributed by atoms with Crippen molar-refractivity contribution >= 4 is 45.5 Å². The average Bonchev–Trinajstić information content (AvgIpc) is 3.51. The maximum absolute atomic E-state index is 12.6. The van der Waals surface area contributed by atoms with Gasteiger partial charge in [-0.1, -0.05) is 6.07 Å². The van der Waals surface area contributed by atoms with E-state index in [2.05, 4.69) is 5.32 Å². The van der Waals surface area contributed by atoms with Gasteiger partial charge in [0.1, 0.15) is 9.88 Å². The molecule has 1 aliphatic heterocycles. The number of methoxy groups -OCH3 is 1. The van der Waals surface area contributed by atoms with Crippen LogP contribution in [0.2, 0.25) is 0 Å². The summed E-state index contributed by atoms with van der Waals surface area (Å²) in [6, 6.07) is 7.39. The third-order valence-corrected chi connectivity index (χ3v) is 7.11. The lowest BCUT2D eigenvalue weighted by Crippen LogP contribution is -2.21. The summed E-state index contributed by atoms with van der Waals surface area (Å²) >= 11 is 2.52. The number of rotatable bonds is 7. The molecule has 2 aromatic heterocycles. The molecule has 0 saturated carbocycles. The minimum atomic E-state index is -0.559. The largest absolute Gasteiger partial charge is 0.465 e. The highest BCUT2D eigenvalue weighted by atomic mass is 32.1. The predicted molar refractivity (Wildman–Crippen MR) is 124 cm³/mol. The molecule has 172 valence electrons. The van der Waals surface area contributed by atoms with E-state index < -0.39 is 24.5 Å². The molecular weight excluding hydrogens is 466 g/mol. The summed E-state index contributed by atoms with van der Waals surface area (Å²) in [5, 5.41) is 4.82. The van der Waals surface area contributed by atoms with Crippen LogP contribution in [0.4, 0.5) is 5.00 Å². The van der Waals surface area contributed by atoms with Crippen LogP contribution in [-0.2, 0) is 20.7 Å². The zero-order chi connectivity index (χ0) is 23.5. The highest BCUT2D eigenvalue weighted by Crippen LogP contribution is 2.37. The zero-order valence-corrected chi connectivity index (χ0v) is 19.8. The van der Waals surface area contributed by atoms with E-state index >= 15 is 0 Å². The molecule has 10 heteroatoms. The van der Waals surface area contributed by atoms with Gasteiger partial charge in [0, 0.05) is 4.88 Å². The zero-order valence-electron chi connectivity index (χ0n) is 18.2. The first-order valence-electron chi connectivity index (χ1n) is 9.97. The van der Waals surface area contributed by atoms with Crippen molar-refractivity contribution in [2.24, 2.45) is 0 Å². The molecule has 1 amide bonds. The van der Waals surface area contributed by atoms with Crippen LogP contribution >= 0.6 is 22.7 Å². The van der Waals surface area contributed by atoms with Gasteiger partial charge in [-0.2, -0.15) is 0 Å². The molecule has 0 fully saturated rings. The Morgan fingerprint density at radius 2 is 1.88 bits per heavy atom. The number of fused-ring (bicyclic) bond motifs is 1. The Labute approximate surface area is 198 Å². The number of anilines is 1. The maximum Gasteiger partial charge on any atom is 0.349 e. The lowest BCUT2D eigenvalue weighted by Gasteiger charge is -2.09. The molecule has 0 unspecified atom stereocenters. The van der Waals surface area contributed by atoms with Crippen LogP contribution in [0.5, 0.6) is 11.5 Å². The van der Waals surface area contributed by atoms with Crippen LogP contribution in [-0.4, -0.2) is 38.4 Å². The van der Waals surface area contributed by atoms with Crippen molar-refractivity contribution in [3.05, 3.63) is 61.7 Å². The van der Waals surface area contributed by atoms with E-state index in [0.29, 0.717) is 27.8 Å². The van der Waals surface area contributed by atoms with Gasteiger partial charge in [0.05, 0.1) is 12.7 Å². The first-order chi connectivity index (χ1) is 15.9. The molecular formula is C23H21NO7S2. The number of carbonyl (C=O) groups is 3. The number of hydrogen-bond donors (Lipinski definition) is 1. The molecule has 0 bridgehead atoms. The van der Waals surface area contributed by atoms with Gasteiger partial charge in [-0.15, -0.1) is 22.7 Å². The van der Waals surface area contributed by atoms with Crippen LogP contribution < -0.4 is 14.8 Å². The minimum absolute atomic E-state index is 0.177. The number of benzene rings is 1. The van der Waals surface area contributed by atoms with Crippen molar-refractivity contribution in [3.8, 4) is 11.5 Å². The van der Waals surface area contributed by atoms with Crippen LogP contribution in [0.3, 0.4) is 0 Å². The fraction of sp³-hybridized carbons (Fsp3) is 0.261. The smallest absolute Gasteiger partial charge is 0.349 e. The Balaban J connectivity index is 1.51. The molecule has 33 heavy (non-hydrogen) atoms. The second kappa shape index (κ2) is 9.63. The Morgan fingerprint density at radius 1 is 1.09 bits per heavy atom. The summed E-state index contributed by atoms with van der Waals surface area (Å²) in [4.78, 5) is 38.5. The van der Waals surface area contributed by atoms with Gasteiger partial charge in [0.25, 0.3) is 5.91 Å². The summed E-state index contributed by atoms with van der Waals surface area (Å²) in [6.07, 6.45) is 0.436. The molecule has 0 radical (unpaired) electrons. The van der Waals surface area contributed by atoms with E-state index in [4.69, 9.17) is 18.9 Å². The van der Waals surface area contributed by atoms with Crippen LogP contribution in [0.25, 0.3) is 0 Å². The van der Waals surface area contributed by atoms with Crippen molar-refractivity contribution in [3.63, 3.8) is 0 Å². The molecule has 1 aliphatic rings. The first-order valence-corrected chi connectivity index (χ1v) is 11.7. The molecule has 3 aromatic rings. The van der Waals surface area contributed by atoms with E-state index in [9.17, 15) is 14.4 Å². The molecule has 8 nitrogen and oxygen atoms in total. The lowest BCUT2D eigenvalue weighted by molar-refractivity contribution is -0.119. The van der Waals surface area contributed by atoms with Gasteiger partial charge >= 0.3 is 11.9 Å². The highest BCUT2D eigenvalue weighted by molar-refractivity contribution is 7.16. The lowest BCUT2D eigenvalue weighted by atomic mass is 10.0. The van der Waals surface area contributed by atoms with Gasteiger partial charge in [-0.25, -0.2) is 9.59 Å². The van der Waals surface area contributed by atoms with Gasteiger partial charge in [0.2, 0.25) is 6.79 Å². The molecule has 4 rings (SSSR count). The number of amides is 1. The van der Waals surface area contributed by atoms with Crippen LogP contribution in [0.1, 0.15) is 41.6 Å². The Hall–Kier alpha value is -3.37. The Morgan fingerprint density at radius 3 is 2.61 bits per heavy atom. The highest BCUT2D eigenvalue weighted by Gasteiger charge is 2.25. The second-order valence-corrected chi connectivity index (χ2v) is 9.39.